The fraction of sp³-hybridized carbons (Fsp3) is 0.462. The van der Waals surface area contributed by atoms with Gasteiger partial charge in [0.05, 0.1) is 11.4 Å². The Balaban J connectivity index is 1.63. The topological polar surface area (TPSA) is 94.7 Å². The van der Waals surface area contributed by atoms with Crippen LogP contribution >= 0.6 is 11.8 Å². The molecule has 180 valence electrons. The van der Waals surface area contributed by atoms with Crippen molar-refractivity contribution in [1.82, 2.24) is 19.9 Å². The summed E-state index contributed by atoms with van der Waals surface area (Å²) in [5, 5.41) is 0.638. The molecule has 7 nitrogen and oxygen atoms in total. The van der Waals surface area contributed by atoms with Crippen molar-refractivity contribution in [3.8, 4) is 0 Å². The summed E-state index contributed by atoms with van der Waals surface area (Å²) in [6, 6.07) is 8.31. The summed E-state index contributed by atoms with van der Waals surface area (Å²) in [4.78, 5) is 42.9. The van der Waals surface area contributed by atoms with Gasteiger partial charge < -0.3 is 9.88 Å². The molecule has 1 aromatic carbocycles. The molecule has 3 heterocycles. The number of piperidine rings is 1. The van der Waals surface area contributed by atoms with Crippen LogP contribution in [-0.2, 0) is 25.7 Å². The molecule has 0 unspecified atom stereocenters. The Kier molecular flexibility index (Phi) is 7.88. The number of aromatic amines is 2. The summed E-state index contributed by atoms with van der Waals surface area (Å²) >= 11 is 1.44. The van der Waals surface area contributed by atoms with Gasteiger partial charge >= 0.3 is 0 Å². The van der Waals surface area contributed by atoms with E-state index in [1.165, 1.54) is 18.2 Å². The highest BCUT2D eigenvalue weighted by atomic mass is 32.2. The first kappa shape index (κ1) is 24.3. The Bertz CT molecular complexity index is 1260. The number of thioether (sulfide) groups is 1. The first-order chi connectivity index (χ1) is 16.5. The standard InChI is InChI=1S/C26H33N5O2S/c1-4-19-21(27-25(29-23(19)32)31-12-7-6-8-13-31)15-17-10-9-11-18(14-17)16-22-20(5-2)24(33)30-26(28-22)34-3/h9-11,14H,4-8,12-13,15-16H2,1-3H3,(H,27,29,32)(H,28,30,33). The zero-order valence-corrected chi connectivity index (χ0v) is 21.1. The van der Waals surface area contributed by atoms with E-state index in [4.69, 9.17) is 4.98 Å². The van der Waals surface area contributed by atoms with E-state index in [1.807, 2.05) is 26.2 Å². The molecule has 1 aliphatic rings. The number of rotatable bonds is 8. The minimum absolute atomic E-state index is 0.0332. The third-order valence-corrected chi connectivity index (χ3v) is 7.04. The van der Waals surface area contributed by atoms with E-state index in [-0.39, 0.29) is 11.1 Å². The summed E-state index contributed by atoms with van der Waals surface area (Å²) in [7, 11) is 0. The van der Waals surface area contributed by atoms with Gasteiger partial charge in [0.1, 0.15) is 0 Å². The van der Waals surface area contributed by atoms with Crippen LogP contribution in [0.15, 0.2) is 39.0 Å². The van der Waals surface area contributed by atoms with Gasteiger partial charge in [0.25, 0.3) is 11.1 Å². The quantitative estimate of drug-likeness (QED) is 0.376. The van der Waals surface area contributed by atoms with E-state index < -0.39 is 0 Å². The predicted octanol–water partition coefficient (Wildman–Crippen LogP) is 3.87. The van der Waals surface area contributed by atoms with E-state index in [0.717, 1.165) is 59.6 Å². The second kappa shape index (κ2) is 11.0. The maximum atomic E-state index is 12.8. The van der Waals surface area contributed by atoms with Crippen molar-refractivity contribution < 1.29 is 0 Å². The molecule has 8 heteroatoms. The molecule has 0 aliphatic carbocycles. The lowest BCUT2D eigenvalue weighted by atomic mass is 9.99. The summed E-state index contributed by atoms with van der Waals surface area (Å²) in [5.41, 5.74) is 5.26. The fourth-order valence-corrected chi connectivity index (χ4v) is 5.06. The van der Waals surface area contributed by atoms with Gasteiger partial charge in [0.2, 0.25) is 5.95 Å². The maximum Gasteiger partial charge on any atom is 0.255 e. The van der Waals surface area contributed by atoms with Crippen LogP contribution in [0.5, 0.6) is 0 Å². The van der Waals surface area contributed by atoms with Crippen LogP contribution in [0.3, 0.4) is 0 Å². The number of anilines is 1. The highest BCUT2D eigenvalue weighted by Crippen LogP contribution is 2.20. The lowest BCUT2D eigenvalue weighted by Crippen LogP contribution is -2.33. The lowest BCUT2D eigenvalue weighted by Gasteiger charge is -2.27. The van der Waals surface area contributed by atoms with Crippen LogP contribution < -0.4 is 16.0 Å². The molecule has 0 saturated carbocycles. The van der Waals surface area contributed by atoms with Crippen LogP contribution in [-0.4, -0.2) is 39.3 Å². The number of H-pyrrole nitrogens is 2. The van der Waals surface area contributed by atoms with Gasteiger partial charge in [-0.25, -0.2) is 9.97 Å². The minimum Gasteiger partial charge on any atom is -0.342 e. The van der Waals surface area contributed by atoms with Crippen molar-refractivity contribution in [3.63, 3.8) is 0 Å². The Hall–Kier alpha value is -2.87. The second-order valence-electron chi connectivity index (χ2n) is 8.74. The number of nitrogens with one attached hydrogen (secondary N) is 2. The largest absolute Gasteiger partial charge is 0.342 e. The highest BCUT2D eigenvalue weighted by molar-refractivity contribution is 7.98. The van der Waals surface area contributed by atoms with Gasteiger partial charge in [0, 0.05) is 37.1 Å². The third kappa shape index (κ3) is 5.43. The van der Waals surface area contributed by atoms with Crippen LogP contribution in [0.2, 0.25) is 0 Å². The van der Waals surface area contributed by atoms with E-state index in [1.54, 1.807) is 0 Å². The summed E-state index contributed by atoms with van der Waals surface area (Å²) in [6.07, 6.45) is 7.88. The molecule has 0 spiro atoms. The molecule has 34 heavy (non-hydrogen) atoms. The normalized spacial score (nSPS) is 13.9. The van der Waals surface area contributed by atoms with E-state index in [9.17, 15) is 9.59 Å². The van der Waals surface area contributed by atoms with Gasteiger partial charge in [-0.05, 0) is 49.5 Å². The van der Waals surface area contributed by atoms with Crippen LogP contribution in [0.25, 0.3) is 0 Å². The van der Waals surface area contributed by atoms with Gasteiger partial charge in [-0.15, -0.1) is 0 Å². The molecular formula is C26H33N5O2S. The molecule has 0 bridgehead atoms. The van der Waals surface area contributed by atoms with E-state index >= 15 is 0 Å². The van der Waals surface area contributed by atoms with E-state index in [2.05, 4.69) is 38.1 Å². The predicted molar refractivity (Wildman–Crippen MR) is 138 cm³/mol. The Morgan fingerprint density at radius 1 is 0.882 bits per heavy atom. The number of hydrogen-bond donors (Lipinski definition) is 2. The molecule has 1 aliphatic heterocycles. The monoisotopic (exact) mass is 479 g/mol. The second-order valence-corrected chi connectivity index (χ2v) is 9.54. The number of nitrogens with zero attached hydrogens (tertiary/aromatic N) is 3. The first-order valence-corrected chi connectivity index (χ1v) is 13.4. The first-order valence-electron chi connectivity index (χ1n) is 12.1. The minimum atomic E-state index is -0.0569. The van der Waals surface area contributed by atoms with Gasteiger partial charge in [-0.1, -0.05) is 49.9 Å². The highest BCUT2D eigenvalue weighted by Gasteiger charge is 2.17. The van der Waals surface area contributed by atoms with Crippen LogP contribution in [0, 0.1) is 0 Å². The zero-order chi connectivity index (χ0) is 24.1. The number of aromatic nitrogens is 4. The summed E-state index contributed by atoms with van der Waals surface area (Å²) < 4.78 is 0. The Morgan fingerprint density at radius 2 is 1.47 bits per heavy atom. The molecule has 0 atom stereocenters. The average Bonchev–Trinajstić information content (AvgIpc) is 2.84. The SMILES string of the molecule is CCc1c(Cc2cccc(Cc3nc(N4CCCCC4)[nH]c(=O)c3CC)c2)nc(SC)[nH]c1=O. The van der Waals surface area contributed by atoms with Crippen molar-refractivity contribution in [2.24, 2.45) is 0 Å². The molecule has 2 aromatic heterocycles. The number of benzene rings is 1. The Labute approximate surface area is 204 Å². The van der Waals surface area contributed by atoms with Crippen molar-refractivity contribution >= 4 is 17.7 Å². The molecule has 4 rings (SSSR count). The summed E-state index contributed by atoms with van der Waals surface area (Å²) in [6.45, 7) is 5.85. The molecular weight excluding hydrogens is 446 g/mol. The fourth-order valence-electron chi connectivity index (χ4n) is 4.66. The smallest absolute Gasteiger partial charge is 0.255 e. The van der Waals surface area contributed by atoms with Crippen LogP contribution in [0.4, 0.5) is 5.95 Å². The lowest BCUT2D eigenvalue weighted by molar-refractivity contribution is 0.566. The number of hydrogen-bond acceptors (Lipinski definition) is 6. The maximum absolute atomic E-state index is 12.8. The molecule has 0 amide bonds. The summed E-state index contributed by atoms with van der Waals surface area (Å²) in [5.74, 6) is 0.693. The van der Waals surface area contributed by atoms with Gasteiger partial charge in [-0.3, -0.25) is 14.6 Å². The molecule has 1 fully saturated rings. The third-order valence-electron chi connectivity index (χ3n) is 6.46. The molecule has 0 radical (unpaired) electrons. The zero-order valence-electron chi connectivity index (χ0n) is 20.2. The van der Waals surface area contributed by atoms with E-state index in [0.29, 0.717) is 36.8 Å². The van der Waals surface area contributed by atoms with Gasteiger partial charge in [0.15, 0.2) is 5.16 Å². The Morgan fingerprint density at radius 3 is 2.06 bits per heavy atom. The molecule has 2 N–H and O–H groups in total. The van der Waals surface area contributed by atoms with Crippen LogP contribution in [0.1, 0.15) is 66.8 Å². The molecule has 3 aromatic rings. The van der Waals surface area contributed by atoms with Crippen molar-refractivity contribution in [1.29, 1.82) is 0 Å². The average molecular weight is 480 g/mol. The molecule has 1 saturated heterocycles. The van der Waals surface area contributed by atoms with Crippen molar-refractivity contribution in [2.45, 2.75) is 63.9 Å². The van der Waals surface area contributed by atoms with Crippen molar-refractivity contribution in [3.05, 3.63) is 78.6 Å². The van der Waals surface area contributed by atoms with Crippen molar-refractivity contribution in [2.75, 3.05) is 24.2 Å². The van der Waals surface area contributed by atoms with Gasteiger partial charge in [-0.2, -0.15) is 0 Å².